The van der Waals surface area contributed by atoms with Gasteiger partial charge in [-0.15, -0.1) is 0 Å². The molecule has 3 nitrogen and oxygen atoms in total. The van der Waals surface area contributed by atoms with E-state index in [1.807, 2.05) is 6.08 Å². The van der Waals surface area contributed by atoms with E-state index in [1.54, 1.807) is 18.2 Å². The Bertz CT molecular complexity index is 460. The molecule has 0 radical (unpaired) electrons. The van der Waals surface area contributed by atoms with Crippen LogP contribution in [0.3, 0.4) is 0 Å². The number of carbonyl (C=O) groups is 1. The molecule has 0 aromatic carbocycles. The highest BCUT2D eigenvalue weighted by Gasteiger charge is 2.18. The Morgan fingerprint density at radius 2 is 2.32 bits per heavy atom. The van der Waals surface area contributed by atoms with Gasteiger partial charge in [-0.25, -0.2) is 4.39 Å². The van der Waals surface area contributed by atoms with Crippen molar-refractivity contribution in [3.05, 3.63) is 47.5 Å². The number of aliphatic hydroxyl groups is 1. The van der Waals surface area contributed by atoms with E-state index in [0.29, 0.717) is 30.8 Å². The molecule has 0 saturated heterocycles. The molecule has 0 aromatic heterocycles. The fourth-order valence-electron chi connectivity index (χ4n) is 2.10. The van der Waals surface area contributed by atoms with Crippen LogP contribution in [-0.2, 0) is 9.53 Å². The summed E-state index contributed by atoms with van der Waals surface area (Å²) < 4.78 is 18.3. The Morgan fingerprint density at radius 1 is 1.47 bits per heavy atom. The zero-order valence-electron chi connectivity index (χ0n) is 10.6. The summed E-state index contributed by atoms with van der Waals surface area (Å²) in [6.45, 7) is 0.470. The third kappa shape index (κ3) is 3.89. The first-order chi connectivity index (χ1) is 9.19. The fraction of sp³-hybridized carbons (Fsp3) is 0.400. The van der Waals surface area contributed by atoms with Crippen molar-refractivity contribution in [3.8, 4) is 0 Å². The summed E-state index contributed by atoms with van der Waals surface area (Å²) in [4.78, 5) is 10.6. The van der Waals surface area contributed by atoms with E-state index in [2.05, 4.69) is 0 Å². The van der Waals surface area contributed by atoms with Gasteiger partial charge < -0.3 is 9.84 Å². The minimum atomic E-state index is -0.746. The van der Waals surface area contributed by atoms with Crippen LogP contribution in [0.4, 0.5) is 4.39 Å². The Balaban J connectivity index is 1.77. The molecule has 0 amide bonds. The molecule has 2 rings (SSSR count). The molecular formula is C15H17FO3. The average molecular weight is 264 g/mol. The van der Waals surface area contributed by atoms with Gasteiger partial charge in [0.25, 0.3) is 0 Å². The molecule has 0 saturated carbocycles. The van der Waals surface area contributed by atoms with Gasteiger partial charge in [0, 0.05) is 6.42 Å². The molecule has 0 aromatic rings. The van der Waals surface area contributed by atoms with E-state index in [9.17, 15) is 14.3 Å². The molecule has 2 aliphatic carbocycles. The number of hydrogen-bond acceptors (Lipinski definition) is 3. The number of ether oxygens (including phenoxy) is 1. The van der Waals surface area contributed by atoms with E-state index in [1.165, 1.54) is 6.08 Å². The molecule has 2 atom stereocenters. The topological polar surface area (TPSA) is 46.5 Å². The maximum Gasteiger partial charge on any atom is 0.146 e. The largest absolute Gasteiger partial charge is 0.495 e. The van der Waals surface area contributed by atoms with Gasteiger partial charge in [0.05, 0.1) is 6.61 Å². The van der Waals surface area contributed by atoms with Gasteiger partial charge in [-0.2, -0.15) is 0 Å². The van der Waals surface area contributed by atoms with Gasteiger partial charge in [-0.3, -0.25) is 4.79 Å². The predicted octanol–water partition coefficient (Wildman–Crippen LogP) is 2.60. The number of hydrogen-bond donors (Lipinski definition) is 1. The van der Waals surface area contributed by atoms with Crippen molar-refractivity contribution in [1.82, 2.24) is 0 Å². The second kappa shape index (κ2) is 6.48. The Hall–Kier alpha value is -1.68. The van der Waals surface area contributed by atoms with Crippen LogP contribution in [0.15, 0.2) is 47.5 Å². The van der Waals surface area contributed by atoms with E-state index in [4.69, 9.17) is 4.74 Å². The molecule has 102 valence electrons. The molecule has 0 heterocycles. The molecule has 19 heavy (non-hydrogen) atoms. The van der Waals surface area contributed by atoms with E-state index >= 15 is 0 Å². The van der Waals surface area contributed by atoms with Crippen LogP contribution in [0.1, 0.15) is 19.3 Å². The highest BCUT2D eigenvalue weighted by atomic mass is 19.1. The summed E-state index contributed by atoms with van der Waals surface area (Å²) in [5.74, 6) is 0.586. The zero-order valence-corrected chi connectivity index (χ0v) is 10.6. The molecule has 1 N–H and O–H groups in total. The van der Waals surface area contributed by atoms with Crippen molar-refractivity contribution < 1.29 is 19.0 Å². The lowest BCUT2D eigenvalue weighted by atomic mass is 9.97. The van der Waals surface area contributed by atoms with Gasteiger partial charge in [-0.1, -0.05) is 12.2 Å². The highest BCUT2D eigenvalue weighted by molar-refractivity contribution is 5.74. The van der Waals surface area contributed by atoms with Crippen molar-refractivity contribution in [2.75, 3.05) is 6.61 Å². The van der Waals surface area contributed by atoms with Gasteiger partial charge in [-0.05, 0) is 42.6 Å². The first kappa shape index (κ1) is 13.7. The number of carbonyl (C=O) groups excluding carboxylic acids is 1. The van der Waals surface area contributed by atoms with Crippen LogP contribution < -0.4 is 0 Å². The van der Waals surface area contributed by atoms with Crippen molar-refractivity contribution in [2.24, 2.45) is 5.92 Å². The summed E-state index contributed by atoms with van der Waals surface area (Å²) in [7, 11) is 0. The fourth-order valence-corrected chi connectivity index (χ4v) is 2.10. The highest BCUT2D eigenvalue weighted by Crippen LogP contribution is 2.22. The molecule has 0 spiro atoms. The summed E-state index contributed by atoms with van der Waals surface area (Å²) in [6.07, 6.45) is 9.93. The van der Waals surface area contributed by atoms with Crippen LogP contribution in [0.25, 0.3) is 0 Å². The summed E-state index contributed by atoms with van der Waals surface area (Å²) in [5, 5.41) is 9.78. The van der Waals surface area contributed by atoms with Crippen molar-refractivity contribution in [3.63, 3.8) is 0 Å². The number of halogens is 1. The Labute approximate surface area is 111 Å². The molecular weight excluding hydrogens is 247 g/mol. The first-order valence-electron chi connectivity index (χ1n) is 6.39. The van der Waals surface area contributed by atoms with Crippen LogP contribution >= 0.6 is 0 Å². The number of aldehydes is 1. The minimum absolute atomic E-state index is 0.186. The smallest absolute Gasteiger partial charge is 0.146 e. The van der Waals surface area contributed by atoms with Crippen LogP contribution in [0.2, 0.25) is 0 Å². The van der Waals surface area contributed by atoms with Crippen molar-refractivity contribution in [2.45, 2.75) is 25.4 Å². The number of allylic oxidation sites excluding steroid dienone is 6. The first-order valence-corrected chi connectivity index (χ1v) is 6.39. The molecule has 4 heteroatoms. The van der Waals surface area contributed by atoms with E-state index in [0.717, 1.165) is 12.7 Å². The molecule has 2 aliphatic rings. The second-order valence-corrected chi connectivity index (χ2v) is 4.73. The second-order valence-electron chi connectivity index (χ2n) is 4.73. The van der Waals surface area contributed by atoms with Crippen LogP contribution in [0.5, 0.6) is 0 Å². The van der Waals surface area contributed by atoms with Gasteiger partial charge in [0.15, 0.2) is 0 Å². The van der Waals surface area contributed by atoms with Gasteiger partial charge in [0.2, 0.25) is 0 Å². The zero-order chi connectivity index (χ0) is 13.7. The van der Waals surface area contributed by atoms with Gasteiger partial charge in [0.1, 0.15) is 24.0 Å². The lowest BCUT2D eigenvalue weighted by molar-refractivity contribution is -0.105. The van der Waals surface area contributed by atoms with Crippen molar-refractivity contribution in [1.29, 1.82) is 0 Å². The lowest BCUT2D eigenvalue weighted by Crippen LogP contribution is -2.18. The maximum absolute atomic E-state index is 12.8. The molecule has 0 bridgehead atoms. The summed E-state index contributed by atoms with van der Waals surface area (Å²) in [6, 6.07) is 0. The minimum Gasteiger partial charge on any atom is -0.495 e. The molecule has 0 aliphatic heterocycles. The average Bonchev–Trinajstić information content (AvgIpc) is 2.42. The van der Waals surface area contributed by atoms with E-state index in [-0.39, 0.29) is 11.7 Å². The quantitative estimate of drug-likeness (QED) is 0.776. The third-order valence-electron chi connectivity index (χ3n) is 3.27. The molecule has 0 fully saturated rings. The van der Waals surface area contributed by atoms with Crippen LogP contribution in [0, 0.1) is 5.92 Å². The summed E-state index contributed by atoms with van der Waals surface area (Å²) in [5.41, 5.74) is 0.565. The number of rotatable bonds is 5. The monoisotopic (exact) mass is 264 g/mol. The molecule has 2 unspecified atom stereocenters. The van der Waals surface area contributed by atoms with Crippen LogP contribution in [-0.4, -0.2) is 24.1 Å². The van der Waals surface area contributed by atoms with Gasteiger partial charge >= 0.3 is 0 Å². The van der Waals surface area contributed by atoms with Crippen molar-refractivity contribution >= 4 is 6.29 Å². The summed E-state index contributed by atoms with van der Waals surface area (Å²) >= 11 is 0. The Morgan fingerprint density at radius 3 is 2.95 bits per heavy atom. The maximum atomic E-state index is 12.8. The normalized spacial score (nSPS) is 26.3. The third-order valence-corrected chi connectivity index (χ3v) is 3.27. The predicted molar refractivity (Wildman–Crippen MR) is 69.9 cm³/mol. The van der Waals surface area contributed by atoms with E-state index < -0.39 is 6.10 Å². The Kier molecular flexibility index (Phi) is 4.68. The SMILES string of the molecule is O=CC1=CC=C(OCCC2C=CC(F)=CC2)C(O)C1. The lowest BCUT2D eigenvalue weighted by Gasteiger charge is -2.20. The standard InChI is InChI=1S/C15H17FO3/c16-13-4-1-11(2-5-13)7-8-19-15-6-3-12(10-17)9-14(15)18/h1,3-6,10-11,14,18H,2,7-9H2. The number of aliphatic hydroxyl groups excluding tert-OH is 1.